The van der Waals surface area contributed by atoms with Gasteiger partial charge in [0.1, 0.15) is 11.6 Å². The van der Waals surface area contributed by atoms with Crippen LogP contribution in [0.25, 0.3) is 0 Å². The van der Waals surface area contributed by atoms with E-state index in [0.717, 1.165) is 0 Å². The second kappa shape index (κ2) is 6.57. The molecule has 1 atom stereocenters. The van der Waals surface area contributed by atoms with E-state index in [1.165, 1.54) is 23.9 Å². The predicted molar refractivity (Wildman–Crippen MR) is 76.4 cm³/mol. The van der Waals surface area contributed by atoms with Crippen molar-refractivity contribution >= 4 is 17.7 Å². The second-order valence-corrected chi connectivity index (χ2v) is 5.31. The molecule has 1 heterocycles. The first-order valence-electron chi connectivity index (χ1n) is 6.20. The summed E-state index contributed by atoms with van der Waals surface area (Å²) in [5.74, 6) is 0.544. The van der Waals surface area contributed by atoms with Crippen LogP contribution in [0.5, 0.6) is 5.75 Å². The van der Waals surface area contributed by atoms with Crippen LogP contribution < -0.4 is 10.5 Å². The number of thioether (sulfide) groups is 1. The van der Waals surface area contributed by atoms with Gasteiger partial charge in [0.15, 0.2) is 17.1 Å². The van der Waals surface area contributed by atoms with Crippen LogP contribution in [0.1, 0.15) is 18.9 Å². The van der Waals surface area contributed by atoms with Crippen LogP contribution in [0, 0.1) is 5.82 Å². The van der Waals surface area contributed by atoms with Crippen LogP contribution in [0.15, 0.2) is 29.4 Å². The van der Waals surface area contributed by atoms with Crippen molar-refractivity contribution in [3.63, 3.8) is 0 Å². The number of primary amides is 1. The monoisotopic (exact) mass is 310 g/mol. The van der Waals surface area contributed by atoms with Crippen molar-refractivity contribution in [3.05, 3.63) is 35.9 Å². The molecule has 6 nitrogen and oxygen atoms in total. The summed E-state index contributed by atoms with van der Waals surface area (Å²) in [6.45, 7) is 1.82. The maximum Gasteiger partial charge on any atom is 0.227 e. The number of hydrogen-bond donors (Lipinski definition) is 1. The van der Waals surface area contributed by atoms with E-state index in [2.05, 4.69) is 10.2 Å². The molecule has 0 aliphatic carbocycles. The summed E-state index contributed by atoms with van der Waals surface area (Å²) >= 11 is 1.21. The lowest BCUT2D eigenvalue weighted by Gasteiger charge is -2.14. The maximum atomic E-state index is 12.8. The normalized spacial score (nSPS) is 12.1. The fourth-order valence-corrected chi connectivity index (χ4v) is 2.37. The van der Waals surface area contributed by atoms with Crippen molar-refractivity contribution in [1.29, 1.82) is 0 Å². The molecule has 1 aromatic carbocycles. The summed E-state index contributed by atoms with van der Waals surface area (Å²) in [7, 11) is 1.78. The number of benzene rings is 1. The van der Waals surface area contributed by atoms with Crippen molar-refractivity contribution in [1.82, 2.24) is 14.8 Å². The molecule has 21 heavy (non-hydrogen) atoms. The van der Waals surface area contributed by atoms with Gasteiger partial charge in [-0.25, -0.2) is 4.39 Å². The standard InChI is InChI=1S/C13H15FN4O2S/c1-8(20-10-5-3-9(14)4-6-10)12-16-17-13(18(12)2)21-7-11(15)19/h3-6,8H,7H2,1-2H3,(H2,15,19)/t8-/m1/s1. The first kappa shape index (κ1) is 15.3. The first-order valence-corrected chi connectivity index (χ1v) is 7.18. The van der Waals surface area contributed by atoms with Gasteiger partial charge in [0.2, 0.25) is 5.91 Å². The molecule has 0 spiro atoms. The Bertz CT molecular complexity index is 630. The van der Waals surface area contributed by atoms with E-state index < -0.39 is 5.91 Å². The summed E-state index contributed by atoms with van der Waals surface area (Å²) in [5, 5.41) is 8.62. The number of carbonyl (C=O) groups is 1. The van der Waals surface area contributed by atoms with Gasteiger partial charge in [-0.05, 0) is 31.2 Å². The molecule has 2 N–H and O–H groups in total. The van der Waals surface area contributed by atoms with Crippen LogP contribution in [0.4, 0.5) is 4.39 Å². The molecule has 2 rings (SSSR count). The molecule has 0 fully saturated rings. The van der Waals surface area contributed by atoms with Crippen LogP contribution >= 0.6 is 11.8 Å². The number of carbonyl (C=O) groups excluding carboxylic acids is 1. The van der Waals surface area contributed by atoms with Gasteiger partial charge in [-0.3, -0.25) is 4.79 Å². The van der Waals surface area contributed by atoms with Gasteiger partial charge in [0.25, 0.3) is 0 Å². The Morgan fingerprint density at radius 2 is 2.10 bits per heavy atom. The van der Waals surface area contributed by atoms with Gasteiger partial charge in [-0.2, -0.15) is 0 Å². The lowest BCUT2D eigenvalue weighted by molar-refractivity contribution is -0.115. The third-order valence-electron chi connectivity index (χ3n) is 2.70. The molecule has 2 aromatic rings. The molecule has 0 aliphatic heterocycles. The highest BCUT2D eigenvalue weighted by Crippen LogP contribution is 2.23. The fraction of sp³-hybridized carbons (Fsp3) is 0.308. The molecular formula is C13H15FN4O2S. The van der Waals surface area contributed by atoms with Crippen molar-refractivity contribution in [2.45, 2.75) is 18.2 Å². The fourth-order valence-electron chi connectivity index (χ4n) is 1.71. The maximum absolute atomic E-state index is 12.8. The molecule has 112 valence electrons. The minimum atomic E-state index is -0.417. The zero-order valence-corrected chi connectivity index (χ0v) is 12.4. The molecule has 0 saturated heterocycles. The predicted octanol–water partition coefficient (Wildman–Crippen LogP) is 1.67. The van der Waals surface area contributed by atoms with Crippen molar-refractivity contribution in [2.75, 3.05) is 5.75 Å². The average Bonchev–Trinajstić information content (AvgIpc) is 2.80. The van der Waals surface area contributed by atoms with Gasteiger partial charge >= 0.3 is 0 Å². The number of hydrogen-bond acceptors (Lipinski definition) is 5. The van der Waals surface area contributed by atoms with E-state index in [9.17, 15) is 9.18 Å². The van der Waals surface area contributed by atoms with Gasteiger partial charge in [-0.1, -0.05) is 11.8 Å². The van der Waals surface area contributed by atoms with E-state index in [1.54, 1.807) is 23.7 Å². The van der Waals surface area contributed by atoms with E-state index in [1.807, 2.05) is 6.92 Å². The Morgan fingerprint density at radius 3 is 2.71 bits per heavy atom. The van der Waals surface area contributed by atoms with E-state index >= 15 is 0 Å². The second-order valence-electron chi connectivity index (χ2n) is 4.37. The summed E-state index contributed by atoms with van der Waals surface area (Å²) in [5.41, 5.74) is 5.10. The highest BCUT2D eigenvalue weighted by Gasteiger charge is 2.17. The largest absolute Gasteiger partial charge is 0.483 e. The SMILES string of the molecule is C[C@@H](Oc1ccc(F)cc1)c1nnc(SCC(N)=O)n1C. The van der Waals surface area contributed by atoms with Crippen molar-refractivity contribution in [2.24, 2.45) is 12.8 Å². The third kappa shape index (κ3) is 3.94. The van der Waals surface area contributed by atoms with E-state index in [4.69, 9.17) is 10.5 Å². The smallest absolute Gasteiger partial charge is 0.227 e. The Morgan fingerprint density at radius 1 is 1.43 bits per heavy atom. The minimum absolute atomic E-state index is 0.138. The zero-order chi connectivity index (χ0) is 15.4. The summed E-state index contributed by atoms with van der Waals surface area (Å²) < 4.78 is 20.3. The quantitative estimate of drug-likeness (QED) is 0.821. The number of nitrogens with two attached hydrogens (primary N) is 1. The van der Waals surface area contributed by atoms with Crippen LogP contribution in [-0.4, -0.2) is 26.4 Å². The lowest BCUT2D eigenvalue weighted by Crippen LogP contribution is -2.14. The topological polar surface area (TPSA) is 83.0 Å². The molecule has 0 unspecified atom stereocenters. The van der Waals surface area contributed by atoms with Gasteiger partial charge in [-0.15, -0.1) is 10.2 Å². The summed E-state index contributed by atoms with van der Waals surface area (Å²) in [6, 6.07) is 5.75. The molecule has 0 bridgehead atoms. The van der Waals surface area contributed by atoms with E-state index in [0.29, 0.717) is 16.7 Å². The molecule has 0 radical (unpaired) electrons. The number of rotatable bonds is 6. The first-order chi connectivity index (χ1) is 9.97. The van der Waals surface area contributed by atoms with Gasteiger partial charge in [0.05, 0.1) is 5.75 Å². The van der Waals surface area contributed by atoms with Crippen LogP contribution in [-0.2, 0) is 11.8 Å². The number of amides is 1. The van der Waals surface area contributed by atoms with E-state index in [-0.39, 0.29) is 17.7 Å². The van der Waals surface area contributed by atoms with Gasteiger partial charge < -0.3 is 15.0 Å². The highest BCUT2D eigenvalue weighted by atomic mass is 32.2. The molecule has 8 heteroatoms. The zero-order valence-electron chi connectivity index (χ0n) is 11.6. The van der Waals surface area contributed by atoms with Crippen LogP contribution in [0.3, 0.4) is 0 Å². The Hall–Kier alpha value is -2.09. The average molecular weight is 310 g/mol. The number of halogens is 1. The van der Waals surface area contributed by atoms with Crippen LogP contribution in [0.2, 0.25) is 0 Å². The molecule has 1 aromatic heterocycles. The number of nitrogens with zero attached hydrogens (tertiary/aromatic N) is 3. The molecule has 0 saturated carbocycles. The van der Waals surface area contributed by atoms with Crippen molar-refractivity contribution in [3.8, 4) is 5.75 Å². The Balaban J connectivity index is 2.07. The number of ether oxygens (including phenoxy) is 1. The Labute approximate surface area is 125 Å². The highest BCUT2D eigenvalue weighted by molar-refractivity contribution is 7.99. The minimum Gasteiger partial charge on any atom is -0.483 e. The Kier molecular flexibility index (Phi) is 4.79. The molecule has 0 aliphatic rings. The van der Waals surface area contributed by atoms with Gasteiger partial charge in [0, 0.05) is 7.05 Å². The van der Waals surface area contributed by atoms with Crippen molar-refractivity contribution < 1.29 is 13.9 Å². The lowest BCUT2D eigenvalue weighted by atomic mass is 10.3. The summed E-state index contributed by atoms with van der Waals surface area (Å²) in [6.07, 6.45) is -0.365. The third-order valence-corrected chi connectivity index (χ3v) is 3.74. The molecular weight excluding hydrogens is 295 g/mol. The number of aromatic nitrogens is 3. The summed E-state index contributed by atoms with van der Waals surface area (Å²) in [4.78, 5) is 10.8. The molecule has 1 amide bonds.